The van der Waals surface area contributed by atoms with E-state index in [2.05, 4.69) is 4.72 Å². The summed E-state index contributed by atoms with van der Waals surface area (Å²) in [6.45, 7) is 2.16. The van der Waals surface area contributed by atoms with Crippen molar-refractivity contribution in [3.05, 3.63) is 35.9 Å². The van der Waals surface area contributed by atoms with E-state index in [0.717, 1.165) is 5.56 Å². The van der Waals surface area contributed by atoms with Crippen LogP contribution in [0.5, 0.6) is 0 Å². The molecule has 2 N–H and O–H groups in total. The van der Waals surface area contributed by atoms with Gasteiger partial charge in [-0.25, -0.2) is 13.1 Å². The Morgan fingerprint density at radius 1 is 1.33 bits per heavy atom. The molecular formula is C12H19NO4S. The molecule has 0 aromatic heterocycles. The SMILES string of the molecule is CCOCCS(=O)(=O)N[C@@H](CO)c1ccccc1. The van der Waals surface area contributed by atoms with Gasteiger partial charge in [0.15, 0.2) is 0 Å². The van der Waals surface area contributed by atoms with Gasteiger partial charge >= 0.3 is 0 Å². The first-order chi connectivity index (χ1) is 8.59. The Labute approximate surface area is 108 Å². The van der Waals surface area contributed by atoms with Crippen molar-refractivity contribution in [2.45, 2.75) is 13.0 Å². The highest BCUT2D eigenvalue weighted by molar-refractivity contribution is 7.89. The number of benzene rings is 1. The predicted molar refractivity (Wildman–Crippen MR) is 69.7 cm³/mol. The molecule has 18 heavy (non-hydrogen) atoms. The van der Waals surface area contributed by atoms with Gasteiger partial charge in [-0.05, 0) is 12.5 Å². The van der Waals surface area contributed by atoms with E-state index in [1.54, 1.807) is 31.2 Å². The van der Waals surface area contributed by atoms with Crippen LogP contribution in [0.4, 0.5) is 0 Å². The second-order valence-electron chi connectivity index (χ2n) is 3.78. The van der Waals surface area contributed by atoms with Gasteiger partial charge in [-0.3, -0.25) is 0 Å². The number of rotatable bonds is 8. The third kappa shape index (κ3) is 5.14. The van der Waals surface area contributed by atoms with Gasteiger partial charge < -0.3 is 9.84 Å². The highest BCUT2D eigenvalue weighted by Gasteiger charge is 2.18. The molecule has 1 rings (SSSR count). The molecular weight excluding hydrogens is 254 g/mol. The van der Waals surface area contributed by atoms with E-state index in [-0.39, 0.29) is 19.0 Å². The molecule has 6 heteroatoms. The molecule has 0 fully saturated rings. The predicted octanol–water partition coefficient (Wildman–Crippen LogP) is 0.676. The molecule has 1 atom stereocenters. The van der Waals surface area contributed by atoms with Gasteiger partial charge in [0.05, 0.1) is 25.0 Å². The maximum absolute atomic E-state index is 11.7. The van der Waals surface area contributed by atoms with Crippen molar-refractivity contribution in [2.24, 2.45) is 0 Å². The highest BCUT2D eigenvalue weighted by Crippen LogP contribution is 2.12. The fraction of sp³-hybridized carbons (Fsp3) is 0.500. The Hall–Kier alpha value is -0.950. The first-order valence-electron chi connectivity index (χ1n) is 5.82. The normalized spacial score (nSPS) is 13.4. The zero-order chi connectivity index (χ0) is 13.4. The van der Waals surface area contributed by atoms with Crippen LogP contribution in [0.15, 0.2) is 30.3 Å². The monoisotopic (exact) mass is 273 g/mol. The van der Waals surface area contributed by atoms with Crippen molar-refractivity contribution in [1.29, 1.82) is 0 Å². The van der Waals surface area contributed by atoms with Crippen LogP contribution >= 0.6 is 0 Å². The Kier molecular flexibility index (Phi) is 6.28. The largest absolute Gasteiger partial charge is 0.394 e. The zero-order valence-corrected chi connectivity index (χ0v) is 11.2. The summed E-state index contributed by atoms with van der Waals surface area (Å²) in [5, 5.41) is 9.26. The minimum Gasteiger partial charge on any atom is -0.394 e. The van der Waals surface area contributed by atoms with E-state index in [1.165, 1.54) is 0 Å². The van der Waals surface area contributed by atoms with Crippen molar-refractivity contribution in [2.75, 3.05) is 25.6 Å². The lowest BCUT2D eigenvalue weighted by molar-refractivity contribution is 0.163. The Balaban J connectivity index is 2.63. The van der Waals surface area contributed by atoms with Crippen molar-refractivity contribution < 1.29 is 18.3 Å². The van der Waals surface area contributed by atoms with E-state index in [4.69, 9.17) is 4.74 Å². The van der Waals surface area contributed by atoms with E-state index in [1.807, 2.05) is 6.07 Å². The quantitative estimate of drug-likeness (QED) is 0.683. The topological polar surface area (TPSA) is 75.6 Å². The van der Waals surface area contributed by atoms with Gasteiger partial charge in [-0.15, -0.1) is 0 Å². The average molecular weight is 273 g/mol. The first-order valence-corrected chi connectivity index (χ1v) is 7.48. The summed E-state index contributed by atoms with van der Waals surface area (Å²) >= 11 is 0. The Bertz CT molecular complexity index is 433. The molecule has 0 unspecified atom stereocenters. The molecule has 1 aromatic carbocycles. The molecule has 1 aromatic rings. The smallest absolute Gasteiger partial charge is 0.214 e. The highest BCUT2D eigenvalue weighted by atomic mass is 32.2. The molecule has 0 aliphatic carbocycles. The molecule has 0 aliphatic rings. The van der Waals surface area contributed by atoms with Crippen molar-refractivity contribution >= 4 is 10.0 Å². The number of ether oxygens (including phenoxy) is 1. The van der Waals surface area contributed by atoms with Crippen LogP contribution in [-0.2, 0) is 14.8 Å². The minimum absolute atomic E-state index is 0.107. The average Bonchev–Trinajstić information content (AvgIpc) is 2.37. The summed E-state index contributed by atoms with van der Waals surface area (Å²) in [5.41, 5.74) is 0.736. The Morgan fingerprint density at radius 3 is 2.56 bits per heavy atom. The van der Waals surface area contributed by atoms with Crippen LogP contribution in [0.1, 0.15) is 18.5 Å². The van der Waals surface area contributed by atoms with Gasteiger partial charge in [0.25, 0.3) is 0 Å². The molecule has 0 heterocycles. The summed E-state index contributed by atoms with van der Waals surface area (Å²) in [4.78, 5) is 0. The first kappa shape index (κ1) is 15.1. The van der Waals surface area contributed by atoms with Crippen LogP contribution in [0.25, 0.3) is 0 Å². The molecule has 0 spiro atoms. The van der Waals surface area contributed by atoms with Crippen molar-refractivity contribution in [3.63, 3.8) is 0 Å². The van der Waals surface area contributed by atoms with Crippen LogP contribution in [0, 0.1) is 0 Å². The van der Waals surface area contributed by atoms with Crippen LogP contribution in [-0.4, -0.2) is 39.1 Å². The number of hydrogen-bond acceptors (Lipinski definition) is 4. The Morgan fingerprint density at radius 2 is 2.00 bits per heavy atom. The maximum Gasteiger partial charge on any atom is 0.214 e. The molecule has 0 amide bonds. The molecule has 102 valence electrons. The second kappa shape index (κ2) is 7.48. The molecule has 0 aliphatic heterocycles. The standard InChI is InChI=1S/C12H19NO4S/c1-2-17-8-9-18(15,16)13-12(10-14)11-6-4-3-5-7-11/h3-7,12-14H,2,8-10H2,1H3/t12-/m0/s1. The van der Waals surface area contributed by atoms with Crippen molar-refractivity contribution in [1.82, 2.24) is 4.72 Å². The second-order valence-corrected chi connectivity index (χ2v) is 5.65. The van der Waals surface area contributed by atoms with Gasteiger partial charge in [0.1, 0.15) is 0 Å². The van der Waals surface area contributed by atoms with Crippen molar-refractivity contribution in [3.8, 4) is 0 Å². The molecule has 0 saturated carbocycles. The van der Waals surface area contributed by atoms with Gasteiger partial charge in [0.2, 0.25) is 10.0 Å². The number of hydrogen-bond donors (Lipinski definition) is 2. The minimum atomic E-state index is -3.45. The third-order valence-electron chi connectivity index (χ3n) is 2.41. The van der Waals surface area contributed by atoms with Crippen LogP contribution in [0.3, 0.4) is 0 Å². The summed E-state index contributed by atoms with van der Waals surface area (Å²) < 4.78 is 31.0. The van der Waals surface area contributed by atoms with Crippen LogP contribution < -0.4 is 4.72 Å². The zero-order valence-electron chi connectivity index (χ0n) is 10.4. The van der Waals surface area contributed by atoms with E-state index >= 15 is 0 Å². The fourth-order valence-electron chi connectivity index (χ4n) is 1.48. The molecule has 0 bridgehead atoms. The lowest BCUT2D eigenvalue weighted by Gasteiger charge is -2.16. The van der Waals surface area contributed by atoms with Gasteiger partial charge in [0, 0.05) is 6.61 Å². The molecule has 0 saturated heterocycles. The molecule has 5 nitrogen and oxygen atoms in total. The lowest BCUT2D eigenvalue weighted by atomic mass is 10.1. The summed E-state index contributed by atoms with van der Waals surface area (Å²) in [6.07, 6.45) is 0. The van der Waals surface area contributed by atoms with E-state index in [0.29, 0.717) is 6.61 Å². The third-order valence-corrected chi connectivity index (χ3v) is 3.75. The fourth-order valence-corrected chi connectivity index (χ4v) is 2.58. The van der Waals surface area contributed by atoms with E-state index in [9.17, 15) is 13.5 Å². The van der Waals surface area contributed by atoms with Gasteiger partial charge in [-0.2, -0.15) is 0 Å². The summed E-state index contributed by atoms with van der Waals surface area (Å²) in [6, 6.07) is 8.36. The maximum atomic E-state index is 11.7. The number of aliphatic hydroxyl groups is 1. The molecule has 0 radical (unpaired) electrons. The summed E-state index contributed by atoms with van der Waals surface area (Å²) in [7, 11) is -3.45. The summed E-state index contributed by atoms with van der Waals surface area (Å²) in [5.74, 6) is -0.107. The van der Waals surface area contributed by atoms with Gasteiger partial charge in [-0.1, -0.05) is 30.3 Å². The number of nitrogens with one attached hydrogen (secondary N) is 1. The number of aliphatic hydroxyl groups excluding tert-OH is 1. The van der Waals surface area contributed by atoms with E-state index < -0.39 is 16.1 Å². The lowest BCUT2D eigenvalue weighted by Crippen LogP contribution is -2.33. The number of sulfonamides is 1. The van der Waals surface area contributed by atoms with Crippen LogP contribution in [0.2, 0.25) is 0 Å².